The van der Waals surface area contributed by atoms with Crippen molar-refractivity contribution in [3.63, 3.8) is 0 Å². The molecule has 2 saturated heterocycles. The second-order valence-electron chi connectivity index (χ2n) is 6.45. The van der Waals surface area contributed by atoms with E-state index in [9.17, 15) is 18.8 Å². The van der Waals surface area contributed by atoms with Crippen LogP contribution in [0.5, 0.6) is 0 Å². The molecule has 2 aliphatic heterocycles. The van der Waals surface area contributed by atoms with Gasteiger partial charge in [0.2, 0.25) is 0 Å². The Bertz CT molecular complexity index is 740. The lowest BCUT2D eigenvalue weighted by Crippen LogP contribution is -2.61. The van der Waals surface area contributed by atoms with Crippen LogP contribution in [0.25, 0.3) is 0 Å². The van der Waals surface area contributed by atoms with Crippen molar-refractivity contribution < 1.29 is 23.5 Å². The second-order valence-corrected chi connectivity index (χ2v) is 6.45. The maximum atomic E-state index is 14.4. The van der Waals surface area contributed by atoms with Crippen molar-refractivity contribution in [3.05, 3.63) is 30.1 Å². The number of carbonyl (C=O) groups is 3. The molecule has 0 saturated carbocycles. The zero-order valence-corrected chi connectivity index (χ0v) is 14.9. The minimum atomic E-state index is -1.02. The summed E-state index contributed by atoms with van der Waals surface area (Å²) < 4.78 is 19.6. The van der Waals surface area contributed by atoms with E-state index in [-0.39, 0.29) is 18.0 Å². The number of cyclic esters (lactones) is 1. The Morgan fingerprint density at radius 3 is 2.74 bits per heavy atom. The Balaban J connectivity index is 1.92. The predicted molar refractivity (Wildman–Crippen MR) is 94.2 cm³/mol. The molecule has 4 N–H and O–H groups in total. The van der Waals surface area contributed by atoms with Gasteiger partial charge in [-0.05, 0) is 19.1 Å². The van der Waals surface area contributed by atoms with Crippen molar-refractivity contribution in [3.8, 4) is 0 Å². The van der Waals surface area contributed by atoms with Crippen LogP contribution in [0.4, 0.5) is 14.9 Å². The average molecular weight is 379 g/mol. The molecule has 0 aromatic heterocycles. The number of benzene rings is 1. The molecule has 0 spiro atoms. The lowest BCUT2D eigenvalue weighted by atomic mass is 10.1. The van der Waals surface area contributed by atoms with Crippen molar-refractivity contribution in [2.45, 2.75) is 25.1 Å². The molecule has 0 radical (unpaired) electrons. The number of carbonyl (C=O) groups excluding carboxylic acids is 3. The first kappa shape index (κ1) is 19.2. The highest BCUT2D eigenvalue weighted by molar-refractivity contribution is 5.99. The molecule has 146 valence electrons. The van der Waals surface area contributed by atoms with Gasteiger partial charge in [0.15, 0.2) is 0 Å². The number of amides is 2. The molecule has 3 atom stereocenters. The first-order valence-corrected chi connectivity index (χ1v) is 8.67. The maximum absolute atomic E-state index is 14.4. The fraction of sp³-hybridized carbons (Fsp3) is 0.471. The minimum Gasteiger partial charge on any atom is -0.441 e. The standard InChI is InChI=1S/C17H22FN5O4/c1-10(24)15(19)14-9-22(17(26)27-14)23(13-5-3-2-4-11(13)18)16(25)12-8-20-6-7-21-12/h2-5,12,14-15,20-21H,6-9,19H2,1H3. The smallest absolute Gasteiger partial charge is 0.429 e. The van der Waals surface area contributed by atoms with E-state index in [0.717, 1.165) is 10.0 Å². The highest BCUT2D eigenvalue weighted by Gasteiger charge is 2.44. The zero-order chi connectivity index (χ0) is 19.6. The summed E-state index contributed by atoms with van der Waals surface area (Å²) in [5.74, 6) is -1.53. The van der Waals surface area contributed by atoms with Crippen molar-refractivity contribution in [1.82, 2.24) is 15.6 Å². The fourth-order valence-corrected chi connectivity index (χ4v) is 3.05. The summed E-state index contributed by atoms with van der Waals surface area (Å²) in [7, 11) is 0. The summed E-state index contributed by atoms with van der Waals surface area (Å²) in [6.45, 7) is 2.75. The molecule has 1 aromatic carbocycles. The Kier molecular flexibility index (Phi) is 5.68. The number of rotatable bonds is 5. The zero-order valence-electron chi connectivity index (χ0n) is 14.9. The van der Waals surface area contributed by atoms with Crippen LogP contribution in [0.15, 0.2) is 24.3 Å². The number of anilines is 1. The summed E-state index contributed by atoms with van der Waals surface area (Å²) in [5.41, 5.74) is 5.70. The molecule has 3 unspecified atom stereocenters. The Morgan fingerprint density at radius 2 is 2.11 bits per heavy atom. The van der Waals surface area contributed by atoms with Gasteiger partial charge in [0, 0.05) is 19.6 Å². The van der Waals surface area contributed by atoms with Crippen LogP contribution >= 0.6 is 0 Å². The number of hydrazine groups is 1. The lowest BCUT2D eigenvalue weighted by Gasteiger charge is -2.34. The van der Waals surface area contributed by atoms with Crippen LogP contribution in [-0.2, 0) is 14.3 Å². The Morgan fingerprint density at radius 1 is 1.37 bits per heavy atom. The van der Waals surface area contributed by atoms with Gasteiger partial charge in [-0.15, -0.1) is 0 Å². The van der Waals surface area contributed by atoms with E-state index < -0.39 is 36.0 Å². The summed E-state index contributed by atoms with van der Waals surface area (Å²) >= 11 is 0. The number of ether oxygens (including phenoxy) is 1. The third-order valence-electron chi connectivity index (χ3n) is 4.56. The predicted octanol–water partition coefficient (Wildman–Crippen LogP) is -0.628. The van der Waals surface area contributed by atoms with Crippen molar-refractivity contribution >= 4 is 23.5 Å². The number of para-hydroxylation sites is 1. The molecule has 1 aromatic rings. The van der Waals surface area contributed by atoms with E-state index in [1.54, 1.807) is 6.07 Å². The molecule has 2 aliphatic rings. The van der Waals surface area contributed by atoms with Crippen molar-refractivity contribution in [2.24, 2.45) is 5.73 Å². The number of nitrogens with one attached hydrogen (secondary N) is 2. The highest BCUT2D eigenvalue weighted by Crippen LogP contribution is 2.26. The van der Waals surface area contributed by atoms with E-state index in [0.29, 0.717) is 19.6 Å². The number of ketones is 1. The van der Waals surface area contributed by atoms with E-state index in [2.05, 4.69) is 10.6 Å². The Hall–Kier alpha value is -2.56. The van der Waals surface area contributed by atoms with Gasteiger partial charge in [-0.2, -0.15) is 0 Å². The number of piperazine rings is 1. The molecule has 2 amide bonds. The van der Waals surface area contributed by atoms with Gasteiger partial charge in [0.05, 0.1) is 6.54 Å². The van der Waals surface area contributed by atoms with Crippen LogP contribution in [0.1, 0.15) is 6.92 Å². The lowest BCUT2D eigenvalue weighted by molar-refractivity contribution is -0.123. The van der Waals surface area contributed by atoms with E-state index >= 15 is 0 Å². The molecular formula is C17H22FN5O4. The quantitative estimate of drug-likeness (QED) is 0.624. The topological polar surface area (TPSA) is 117 Å². The average Bonchev–Trinajstić information content (AvgIpc) is 3.04. The largest absolute Gasteiger partial charge is 0.441 e. The van der Waals surface area contributed by atoms with E-state index in [4.69, 9.17) is 10.5 Å². The minimum absolute atomic E-state index is 0.0798. The molecule has 10 heteroatoms. The van der Waals surface area contributed by atoms with Gasteiger partial charge in [0.1, 0.15) is 35.5 Å². The van der Waals surface area contributed by atoms with Crippen LogP contribution < -0.4 is 21.4 Å². The van der Waals surface area contributed by atoms with Crippen LogP contribution in [0.2, 0.25) is 0 Å². The monoisotopic (exact) mass is 379 g/mol. The fourth-order valence-electron chi connectivity index (χ4n) is 3.05. The first-order chi connectivity index (χ1) is 12.9. The van der Waals surface area contributed by atoms with Crippen LogP contribution in [-0.4, -0.2) is 67.2 Å². The number of nitrogens with zero attached hydrogens (tertiary/aromatic N) is 2. The highest BCUT2D eigenvalue weighted by atomic mass is 19.1. The Labute approximate surface area is 155 Å². The molecule has 0 aliphatic carbocycles. The summed E-state index contributed by atoms with van der Waals surface area (Å²) in [6, 6.07) is 3.97. The van der Waals surface area contributed by atoms with E-state index in [1.165, 1.54) is 25.1 Å². The van der Waals surface area contributed by atoms with Crippen molar-refractivity contribution in [1.29, 1.82) is 0 Å². The number of Topliss-reactive ketones (excluding diaryl/α,β-unsaturated/α-hetero) is 1. The SMILES string of the molecule is CC(=O)C(N)C1CN(N(C(=O)C2CNCCN2)c2ccccc2F)C(=O)O1. The third-order valence-corrected chi connectivity index (χ3v) is 4.56. The molecule has 9 nitrogen and oxygen atoms in total. The second kappa shape index (κ2) is 7.99. The number of nitrogens with two attached hydrogens (primary N) is 1. The van der Waals surface area contributed by atoms with Crippen LogP contribution in [0.3, 0.4) is 0 Å². The summed E-state index contributed by atoms with van der Waals surface area (Å²) in [4.78, 5) is 37.0. The van der Waals surface area contributed by atoms with Crippen molar-refractivity contribution in [2.75, 3.05) is 31.2 Å². The first-order valence-electron chi connectivity index (χ1n) is 8.67. The molecule has 3 rings (SSSR count). The number of hydrogen-bond acceptors (Lipinski definition) is 7. The normalized spacial score (nSPS) is 23.7. The van der Waals surface area contributed by atoms with Crippen LogP contribution in [0, 0.1) is 5.82 Å². The van der Waals surface area contributed by atoms with Gasteiger partial charge in [0.25, 0.3) is 5.91 Å². The molecular weight excluding hydrogens is 357 g/mol. The van der Waals surface area contributed by atoms with E-state index in [1.807, 2.05) is 0 Å². The summed E-state index contributed by atoms with van der Waals surface area (Å²) in [5, 5.41) is 8.08. The number of halogens is 1. The van der Waals surface area contributed by atoms with Gasteiger partial charge < -0.3 is 21.1 Å². The van der Waals surface area contributed by atoms with Gasteiger partial charge in [-0.25, -0.2) is 19.2 Å². The van der Waals surface area contributed by atoms with Gasteiger partial charge in [-0.3, -0.25) is 9.59 Å². The van der Waals surface area contributed by atoms with Gasteiger partial charge >= 0.3 is 6.09 Å². The molecule has 0 bridgehead atoms. The summed E-state index contributed by atoms with van der Waals surface area (Å²) in [6.07, 6.45) is -1.79. The van der Waals surface area contributed by atoms with Gasteiger partial charge in [-0.1, -0.05) is 12.1 Å². The molecule has 27 heavy (non-hydrogen) atoms. The third kappa shape index (κ3) is 3.92. The number of hydrogen-bond donors (Lipinski definition) is 3. The molecule has 2 heterocycles. The molecule has 2 fully saturated rings. The maximum Gasteiger partial charge on any atom is 0.429 e.